The molecule has 0 amide bonds. The molecule has 0 radical (unpaired) electrons. The molecule has 3 nitrogen and oxygen atoms in total. The second-order valence-corrected chi connectivity index (χ2v) is 10.6. The quantitative estimate of drug-likeness (QED) is 0.203. The number of hydrogen-bond acceptors (Lipinski definition) is 3. The zero-order valence-electron chi connectivity index (χ0n) is 23.9. The molecule has 0 saturated heterocycles. The second-order valence-electron chi connectivity index (χ2n) is 10.6. The van der Waals surface area contributed by atoms with Crippen molar-refractivity contribution in [1.82, 2.24) is 9.97 Å². The van der Waals surface area contributed by atoms with Gasteiger partial charge >= 0.3 is 0 Å². The molecule has 0 aliphatic rings. The fourth-order valence-electron chi connectivity index (χ4n) is 5.68. The average molecular weight is 562 g/mol. The second kappa shape index (κ2) is 12.0. The summed E-state index contributed by atoms with van der Waals surface area (Å²) in [7, 11) is 0. The van der Waals surface area contributed by atoms with E-state index < -0.39 is 0 Å². The van der Waals surface area contributed by atoms with Crippen LogP contribution in [0.25, 0.3) is 67.0 Å². The molecule has 44 heavy (non-hydrogen) atoms. The molecule has 0 bridgehead atoms. The Bertz CT molecular complexity index is 1950. The van der Waals surface area contributed by atoms with E-state index in [0.29, 0.717) is 5.56 Å². The predicted octanol–water partition coefficient (Wildman–Crippen LogP) is 10.4. The summed E-state index contributed by atoms with van der Waals surface area (Å²) in [5.41, 5.74) is 13.3. The van der Waals surface area contributed by atoms with Crippen LogP contribution in [0, 0.1) is 11.3 Å². The minimum Gasteiger partial charge on any atom is -0.256 e. The van der Waals surface area contributed by atoms with Crippen LogP contribution in [0.1, 0.15) is 5.56 Å². The minimum atomic E-state index is 0.623. The Hall–Kier alpha value is -6.11. The molecule has 5 aromatic carbocycles. The van der Waals surface area contributed by atoms with Crippen LogP contribution < -0.4 is 0 Å². The van der Waals surface area contributed by atoms with Gasteiger partial charge in [0.2, 0.25) is 0 Å². The van der Waals surface area contributed by atoms with Crippen molar-refractivity contribution in [1.29, 1.82) is 5.26 Å². The third kappa shape index (κ3) is 5.41. The molecule has 7 aromatic rings. The number of benzene rings is 5. The summed E-state index contributed by atoms with van der Waals surface area (Å²) < 4.78 is 0. The maximum Gasteiger partial charge on any atom is 0.0992 e. The van der Waals surface area contributed by atoms with E-state index in [2.05, 4.69) is 119 Å². The summed E-state index contributed by atoms with van der Waals surface area (Å²) in [5, 5.41) is 10.1. The fourth-order valence-corrected chi connectivity index (χ4v) is 5.68. The summed E-state index contributed by atoms with van der Waals surface area (Å²) in [6, 6.07) is 54.2. The lowest BCUT2D eigenvalue weighted by atomic mass is 9.88. The maximum atomic E-state index is 10.1. The molecule has 2 aromatic heterocycles. The van der Waals surface area contributed by atoms with E-state index in [-0.39, 0.29) is 0 Å². The normalized spacial score (nSPS) is 10.7. The van der Waals surface area contributed by atoms with Crippen LogP contribution in [-0.2, 0) is 0 Å². The van der Waals surface area contributed by atoms with Gasteiger partial charge in [-0.25, -0.2) is 0 Å². The zero-order valence-corrected chi connectivity index (χ0v) is 23.9. The van der Waals surface area contributed by atoms with Crippen molar-refractivity contribution in [3.05, 3.63) is 170 Å². The topological polar surface area (TPSA) is 49.6 Å². The van der Waals surface area contributed by atoms with Crippen molar-refractivity contribution in [3.8, 4) is 73.1 Å². The van der Waals surface area contributed by atoms with Crippen molar-refractivity contribution >= 4 is 0 Å². The monoisotopic (exact) mass is 561 g/mol. The number of rotatable bonds is 6. The Morgan fingerprint density at radius 2 is 0.727 bits per heavy atom. The van der Waals surface area contributed by atoms with Crippen LogP contribution in [0.3, 0.4) is 0 Å². The molecule has 0 spiro atoms. The van der Waals surface area contributed by atoms with Gasteiger partial charge in [-0.3, -0.25) is 9.97 Å². The molecule has 206 valence electrons. The lowest BCUT2D eigenvalue weighted by molar-refractivity contribution is 1.33. The molecule has 0 aliphatic heterocycles. The van der Waals surface area contributed by atoms with Gasteiger partial charge in [-0.1, -0.05) is 109 Å². The number of nitrogens with zero attached hydrogens (tertiary/aromatic N) is 3. The van der Waals surface area contributed by atoms with Crippen LogP contribution in [0.5, 0.6) is 0 Å². The SMILES string of the molecule is N#Cc1cc(-c2ccccc2-c2ccc(-c3ccccn3)cc2)cc(-c2ccccc2-c2ccc(-c3ccccn3)cc2)c1. The summed E-state index contributed by atoms with van der Waals surface area (Å²) in [6.45, 7) is 0. The first kappa shape index (κ1) is 26.8. The Labute approximate surface area is 257 Å². The molecule has 0 N–H and O–H groups in total. The maximum absolute atomic E-state index is 10.1. The molecular weight excluding hydrogens is 534 g/mol. The molecule has 0 aliphatic carbocycles. The van der Waals surface area contributed by atoms with E-state index >= 15 is 0 Å². The van der Waals surface area contributed by atoms with Gasteiger partial charge in [0.15, 0.2) is 0 Å². The number of aromatic nitrogens is 2. The number of hydrogen-bond donors (Lipinski definition) is 0. The number of pyridine rings is 2. The Morgan fingerprint density at radius 1 is 0.364 bits per heavy atom. The fraction of sp³-hybridized carbons (Fsp3) is 0. The Kier molecular flexibility index (Phi) is 7.31. The van der Waals surface area contributed by atoms with E-state index in [1.807, 2.05) is 60.9 Å². The van der Waals surface area contributed by atoms with Crippen LogP contribution in [-0.4, -0.2) is 9.97 Å². The van der Waals surface area contributed by atoms with Gasteiger partial charge in [0, 0.05) is 23.5 Å². The summed E-state index contributed by atoms with van der Waals surface area (Å²) >= 11 is 0. The summed E-state index contributed by atoms with van der Waals surface area (Å²) in [5.74, 6) is 0. The van der Waals surface area contributed by atoms with E-state index in [4.69, 9.17) is 0 Å². The highest BCUT2D eigenvalue weighted by molar-refractivity contribution is 5.90. The Balaban J connectivity index is 1.28. The van der Waals surface area contributed by atoms with Gasteiger partial charge in [-0.2, -0.15) is 5.26 Å². The molecule has 0 saturated carbocycles. The van der Waals surface area contributed by atoms with Crippen molar-refractivity contribution in [2.75, 3.05) is 0 Å². The van der Waals surface area contributed by atoms with Crippen LogP contribution in [0.4, 0.5) is 0 Å². The van der Waals surface area contributed by atoms with Crippen molar-refractivity contribution < 1.29 is 0 Å². The lowest BCUT2D eigenvalue weighted by Crippen LogP contribution is -1.91. The Morgan fingerprint density at radius 3 is 1.09 bits per heavy atom. The van der Waals surface area contributed by atoms with Gasteiger partial charge in [0.05, 0.1) is 23.0 Å². The molecule has 7 rings (SSSR count). The third-order valence-corrected chi connectivity index (χ3v) is 7.85. The highest BCUT2D eigenvalue weighted by atomic mass is 14.7. The molecule has 0 unspecified atom stereocenters. The molecule has 2 heterocycles. The van der Waals surface area contributed by atoms with Gasteiger partial charge < -0.3 is 0 Å². The lowest BCUT2D eigenvalue weighted by Gasteiger charge is -2.15. The minimum absolute atomic E-state index is 0.623. The van der Waals surface area contributed by atoms with Gasteiger partial charge in [-0.15, -0.1) is 0 Å². The standard InChI is InChI=1S/C41H27N3/c42-28-29-25-34(38-11-3-1-9-36(38)30-15-19-32(20-16-30)40-13-5-7-23-43-40)27-35(26-29)39-12-4-2-10-37(39)31-17-21-33(22-18-31)41-14-6-8-24-44-41/h1-27H. The third-order valence-electron chi connectivity index (χ3n) is 7.85. The first-order valence-electron chi connectivity index (χ1n) is 14.5. The van der Waals surface area contributed by atoms with E-state index in [0.717, 1.165) is 67.0 Å². The van der Waals surface area contributed by atoms with E-state index in [9.17, 15) is 5.26 Å². The number of nitriles is 1. The molecule has 0 atom stereocenters. The van der Waals surface area contributed by atoms with Crippen molar-refractivity contribution in [2.24, 2.45) is 0 Å². The van der Waals surface area contributed by atoms with Crippen LogP contribution >= 0.6 is 0 Å². The van der Waals surface area contributed by atoms with Crippen LogP contribution in [0.15, 0.2) is 164 Å². The smallest absolute Gasteiger partial charge is 0.0992 e. The van der Waals surface area contributed by atoms with Crippen molar-refractivity contribution in [3.63, 3.8) is 0 Å². The van der Waals surface area contributed by atoms with Gasteiger partial charge in [-0.05, 0) is 87.0 Å². The molecule has 3 heteroatoms. The highest BCUT2D eigenvalue weighted by Crippen LogP contribution is 2.38. The first-order chi connectivity index (χ1) is 21.8. The van der Waals surface area contributed by atoms with Crippen molar-refractivity contribution in [2.45, 2.75) is 0 Å². The van der Waals surface area contributed by atoms with Gasteiger partial charge in [0.1, 0.15) is 0 Å². The van der Waals surface area contributed by atoms with Gasteiger partial charge in [0.25, 0.3) is 0 Å². The largest absolute Gasteiger partial charge is 0.256 e. The van der Waals surface area contributed by atoms with E-state index in [1.54, 1.807) is 0 Å². The summed E-state index contributed by atoms with van der Waals surface area (Å²) in [6.07, 6.45) is 3.63. The summed E-state index contributed by atoms with van der Waals surface area (Å²) in [4.78, 5) is 8.98. The zero-order chi connectivity index (χ0) is 29.7. The van der Waals surface area contributed by atoms with Crippen LogP contribution in [0.2, 0.25) is 0 Å². The average Bonchev–Trinajstić information content (AvgIpc) is 3.12. The first-order valence-corrected chi connectivity index (χ1v) is 14.5. The molecular formula is C41H27N3. The highest BCUT2D eigenvalue weighted by Gasteiger charge is 2.14. The molecule has 0 fully saturated rings. The predicted molar refractivity (Wildman–Crippen MR) is 179 cm³/mol. The van der Waals surface area contributed by atoms with E-state index in [1.165, 1.54) is 0 Å².